The first kappa shape index (κ1) is 12.1. The summed E-state index contributed by atoms with van der Waals surface area (Å²) < 4.78 is 0. The molecule has 0 amide bonds. The van der Waals surface area contributed by atoms with Crippen LogP contribution in [0.25, 0.3) is 0 Å². The molecule has 0 radical (unpaired) electrons. The molecular weight excluding hydrogens is 220 g/mol. The maximum absolute atomic E-state index is 11.5. The highest BCUT2D eigenvalue weighted by atomic mass is 16.4. The van der Waals surface area contributed by atoms with Crippen molar-refractivity contribution in [3.8, 4) is 0 Å². The van der Waals surface area contributed by atoms with Crippen LogP contribution in [0.15, 0.2) is 24.3 Å². The van der Waals surface area contributed by atoms with Crippen molar-refractivity contribution in [2.45, 2.75) is 30.8 Å². The molecule has 0 bridgehead atoms. The van der Waals surface area contributed by atoms with E-state index in [9.17, 15) is 15.0 Å². The van der Waals surface area contributed by atoms with E-state index in [1.807, 2.05) is 18.2 Å². The summed E-state index contributed by atoms with van der Waals surface area (Å²) in [5, 5.41) is 27.9. The molecule has 2 atom stereocenters. The van der Waals surface area contributed by atoms with Crippen LogP contribution in [0.5, 0.6) is 0 Å². The van der Waals surface area contributed by atoms with E-state index in [1.54, 1.807) is 6.07 Å². The summed E-state index contributed by atoms with van der Waals surface area (Å²) in [6.07, 6.45) is 0.270. The Morgan fingerprint density at radius 2 is 2.12 bits per heavy atom. The number of benzene rings is 1. The molecule has 4 nitrogen and oxygen atoms in total. The lowest BCUT2D eigenvalue weighted by atomic mass is 9.77. The van der Waals surface area contributed by atoms with Gasteiger partial charge in [0, 0.05) is 0 Å². The van der Waals surface area contributed by atoms with Crippen LogP contribution >= 0.6 is 0 Å². The van der Waals surface area contributed by atoms with Crippen molar-refractivity contribution in [3.63, 3.8) is 0 Å². The highest BCUT2D eigenvalue weighted by molar-refractivity contribution is 5.83. The molecule has 1 aromatic rings. The van der Waals surface area contributed by atoms with E-state index in [1.165, 1.54) is 0 Å². The smallest absolute Gasteiger partial charge is 0.314 e. The number of aliphatic carboxylic acids is 1. The van der Waals surface area contributed by atoms with Gasteiger partial charge in [0.05, 0.1) is 18.1 Å². The number of rotatable bonds is 4. The number of aryl methyl sites for hydroxylation is 1. The Balaban J connectivity index is 2.41. The van der Waals surface area contributed by atoms with Gasteiger partial charge in [-0.3, -0.25) is 4.79 Å². The highest BCUT2D eigenvalue weighted by Crippen LogP contribution is 2.42. The van der Waals surface area contributed by atoms with E-state index in [2.05, 4.69) is 0 Å². The van der Waals surface area contributed by atoms with Crippen LogP contribution in [-0.2, 0) is 16.6 Å². The Bertz CT molecular complexity index is 429. The molecule has 0 heterocycles. The van der Waals surface area contributed by atoms with Gasteiger partial charge in [0.15, 0.2) is 0 Å². The third kappa shape index (κ3) is 1.94. The molecular formula is C13H16O4. The SMILES string of the molecule is O=C(O)C1(CC(O)CO)CCc2ccccc21. The van der Waals surface area contributed by atoms with Gasteiger partial charge < -0.3 is 15.3 Å². The molecule has 92 valence electrons. The van der Waals surface area contributed by atoms with Crippen LogP contribution in [0.2, 0.25) is 0 Å². The first-order valence-electron chi connectivity index (χ1n) is 5.71. The number of hydrogen-bond donors (Lipinski definition) is 3. The lowest BCUT2D eigenvalue weighted by molar-refractivity contribution is -0.145. The maximum atomic E-state index is 11.5. The third-order valence-electron chi connectivity index (χ3n) is 3.56. The van der Waals surface area contributed by atoms with Gasteiger partial charge in [-0.05, 0) is 30.4 Å². The lowest BCUT2D eigenvalue weighted by Crippen LogP contribution is -2.38. The van der Waals surface area contributed by atoms with Crippen molar-refractivity contribution in [2.75, 3.05) is 6.61 Å². The van der Waals surface area contributed by atoms with Gasteiger partial charge in [-0.25, -0.2) is 0 Å². The van der Waals surface area contributed by atoms with Gasteiger partial charge in [-0.15, -0.1) is 0 Å². The van der Waals surface area contributed by atoms with Gasteiger partial charge in [0.25, 0.3) is 0 Å². The standard InChI is InChI=1S/C13H16O4/c14-8-10(15)7-13(12(16)17)6-5-9-3-1-2-4-11(9)13/h1-4,10,14-15H,5-8H2,(H,16,17). The van der Waals surface area contributed by atoms with E-state index in [4.69, 9.17) is 5.11 Å². The normalized spacial score (nSPS) is 24.4. The predicted molar refractivity (Wildman–Crippen MR) is 61.8 cm³/mol. The fourth-order valence-electron chi connectivity index (χ4n) is 2.68. The van der Waals surface area contributed by atoms with Gasteiger partial charge in [0.1, 0.15) is 0 Å². The average Bonchev–Trinajstić information content (AvgIpc) is 2.70. The molecule has 2 unspecified atom stereocenters. The molecule has 1 aliphatic rings. The summed E-state index contributed by atoms with van der Waals surface area (Å²) in [5.41, 5.74) is 0.763. The molecule has 1 aliphatic carbocycles. The largest absolute Gasteiger partial charge is 0.481 e. The van der Waals surface area contributed by atoms with E-state index in [0.29, 0.717) is 12.8 Å². The number of carboxylic acids is 1. The van der Waals surface area contributed by atoms with Crippen LogP contribution in [0.3, 0.4) is 0 Å². The van der Waals surface area contributed by atoms with Gasteiger partial charge in [0.2, 0.25) is 0 Å². The van der Waals surface area contributed by atoms with E-state index >= 15 is 0 Å². The van der Waals surface area contributed by atoms with Crippen molar-refractivity contribution < 1.29 is 20.1 Å². The van der Waals surface area contributed by atoms with Crippen LogP contribution in [0.1, 0.15) is 24.0 Å². The molecule has 0 fully saturated rings. The third-order valence-corrected chi connectivity index (χ3v) is 3.56. The van der Waals surface area contributed by atoms with Crippen LogP contribution < -0.4 is 0 Å². The topological polar surface area (TPSA) is 77.8 Å². The van der Waals surface area contributed by atoms with E-state index < -0.39 is 24.1 Å². The first-order chi connectivity index (χ1) is 8.10. The van der Waals surface area contributed by atoms with Crippen molar-refractivity contribution >= 4 is 5.97 Å². The number of aliphatic hydroxyl groups excluding tert-OH is 2. The van der Waals surface area contributed by atoms with Crippen molar-refractivity contribution in [2.24, 2.45) is 0 Å². The maximum Gasteiger partial charge on any atom is 0.314 e. The molecule has 2 rings (SSSR count). The number of carboxylic acid groups (broad SMARTS) is 1. The van der Waals surface area contributed by atoms with Gasteiger partial charge in [-0.1, -0.05) is 24.3 Å². The molecule has 0 aliphatic heterocycles. The quantitative estimate of drug-likeness (QED) is 0.719. The minimum Gasteiger partial charge on any atom is -0.481 e. The number of fused-ring (bicyclic) bond motifs is 1. The van der Waals surface area contributed by atoms with E-state index in [-0.39, 0.29) is 6.42 Å². The highest BCUT2D eigenvalue weighted by Gasteiger charge is 2.46. The second-order valence-electron chi connectivity index (χ2n) is 4.58. The summed E-state index contributed by atoms with van der Waals surface area (Å²) in [5.74, 6) is -0.921. The van der Waals surface area contributed by atoms with Crippen molar-refractivity contribution in [3.05, 3.63) is 35.4 Å². The fraction of sp³-hybridized carbons (Fsp3) is 0.462. The second kappa shape index (κ2) is 4.47. The molecule has 3 N–H and O–H groups in total. The molecule has 0 saturated carbocycles. The summed E-state index contributed by atoms with van der Waals surface area (Å²) in [7, 11) is 0. The molecule has 0 aromatic heterocycles. The molecule has 0 spiro atoms. The fourth-order valence-corrected chi connectivity index (χ4v) is 2.68. The molecule has 1 aromatic carbocycles. The lowest BCUT2D eigenvalue weighted by Gasteiger charge is -2.27. The minimum absolute atomic E-state index is 0.0653. The average molecular weight is 236 g/mol. The zero-order chi connectivity index (χ0) is 12.5. The zero-order valence-electron chi connectivity index (χ0n) is 9.47. The minimum atomic E-state index is -1.04. The number of carbonyl (C=O) groups is 1. The van der Waals surface area contributed by atoms with Gasteiger partial charge in [-0.2, -0.15) is 0 Å². The Morgan fingerprint density at radius 3 is 2.76 bits per heavy atom. The molecule has 17 heavy (non-hydrogen) atoms. The predicted octanol–water partition coefficient (Wildman–Crippen LogP) is 0.699. The Morgan fingerprint density at radius 1 is 1.41 bits per heavy atom. The monoisotopic (exact) mass is 236 g/mol. The van der Waals surface area contributed by atoms with Crippen molar-refractivity contribution in [1.29, 1.82) is 0 Å². The first-order valence-corrected chi connectivity index (χ1v) is 5.71. The van der Waals surface area contributed by atoms with E-state index in [0.717, 1.165) is 11.1 Å². The van der Waals surface area contributed by atoms with Gasteiger partial charge >= 0.3 is 5.97 Å². The molecule has 4 heteroatoms. The number of hydrogen-bond acceptors (Lipinski definition) is 3. The summed E-state index contributed by atoms with van der Waals surface area (Å²) >= 11 is 0. The molecule has 0 saturated heterocycles. The van der Waals surface area contributed by atoms with Crippen LogP contribution in [-0.4, -0.2) is 34.0 Å². The Labute approximate surface area is 99.5 Å². The summed E-state index contributed by atoms with van der Waals surface area (Å²) in [6.45, 7) is -0.406. The number of aliphatic hydroxyl groups is 2. The summed E-state index contributed by atoms with van der Waals surface area (Å²) in [6, 6.07) is 7.43. The zero-order valence-corrected chi connectivity index (χ0v) is 9.47. The van der Waals surface area contributed by atoms with Crippen LogP contribution in [0.4, 0.5) is 0 Å². The van der Waals surface area contributed by atoms with Crippen LogP contribution in [0, 0.1) is 0 Å². The van der Waals surface area contributed by atoms with Crippen molar-refractivity contribution in [1.82, 2.24) is 0 Å². The Hall–Kier alpha value is -1.39. The Kier molecular flexibility index (Phi) is 3.17. The summed E-state index contributed by atoms with van der Waals surface area (Å²) in [4.78, 5) is 11.5. The second-order valence-corrected chi connectivity index (χ2v) is 4.58.